The first-order valence-corrected chi connectivity index (χ1v) is 21.2. The van der Waals surface area contributed by atoms with Crippen molar-refractivity contribution in [1.29, 1.82) is 0 Å². The lowest BCUT2D eigenvalue weighted by atomic mass is 9.96. The molecule has 2 saturated heterocycles. The third kappa shape index (κ3) is 13.9. The lowest BCUT2D eigenvalue weighted by molar-refractivity contribution is -0.218. The highest BCUT2D eigenvalue weighted by molar-refractivity contribution is 7.49. The number of nitrogens with one attached hydrogen (secondary N) is 3. The Kier molecular flexibility index (Phi) is 16.8. The van der Waals surface area contributed by atoms with E-state index in [-0.39, 0.29) is 37.8 Å². The Labute approximate surface area is 342 Å². The number of fused-ring (bicyclic) bond motifs is 1. The van der Waals surface area contributed by atoms with Gasteiger partial charge in [0.25, 0.3) is 5.56 Å². The number of carbonyl (C=O) groups excluding carboxylic acids is 2. The number of ether oxygens (including phenoxy) is 3. The van der Waals surface area contributed by atoms with Gasteiger partial charge in [0, 0.05) is 25.1 Å². The molecule has 328 valence electrons. The number of hydrogen-bond donors (Lipinski definition) is 5. The molecule has 0 spiro atoms. The molecule has 5 N–H and O–H groups in total. The second kappa shape index (κ2) is 20.8. The summed E-state index contributed by atoms with van der Waals surface area (Å²) in [5.74, 6) is -5.73. The van der Waals surface area contributed by atoms with Crippen LogP contribution in [0.1, 0.15) is 91.9 Å². The molecule has 1 aromatic heterocycles. The number of aliphatic carboxylic acids is 2. The molecule has 0 amide bonds. The molecule has 1 aromatic carbocycles. The van der Waals surface area contributed by atoms with Gasteiger partial charge in [-0.1, -0.05) is 51.1 Å². The molecule has 4 rings (SSSR count). The standard InChI is InChI=1S/C39H57N4O15P/c1-24(2)16-19-40-27(12-14-31(45)46)34(49)56-59(52,57-35(50)28(13-15-32(47)48)41-20-17-25(3)22-26-10-8-7-9-11-26)53-23-29-33-39(6,58-38(4,5)55-33)36(54-29)43-21-18-30(44)42-37(43)51/h7-11,18,21,24-25,27-29,33,36,40-41H,12-17,19-20,22-23H2,1-6H3,(H,45,46)(H,47,48)(H,42,44,51)/t25?,27-,28-,29+,33+,36+,39+,59?/m0/s1. The van der Waals surface area contributed by atoms with Crippen LogP contribution in [0.25, 0.3) is 0 Å². The number of carboxylic acids is 2. The van der Waals surface area contributed by atoms with Crippen molar-refractivity contribution in [1.82, 2.24) is 20.2 Å². The third-order valence-electron chi connectivity index (χ3n) is 9.91. The summed E-state index contributed by atoms with van der Waals surface area (Å²) >= 11 is 0. The zero-order valence-electron chi connectivity index (χ0n) is 34.3. The molecule has 2 unspecified atom stereocenters. The first-order chi connectivity index (χ1) is 27.7. The summed E-state index contributed by atoms with van der Waals surface area (Å²) in [5, 5.41) is 24.7. The van der Waals surface area contributed by atoms with Crippen molar-refractivity contribution in [2.24, 2.45) is 11.8 Å². The van der Waals surface area contributed by atoms with Gasteiger partial charge in [-0.05, 0) is 83.4 Å². The van der Waals surface area contributed by atoms with Crippen LogP contribution >= 0.6 is 7.82 Å². The van der Waals surface area contributed by atoms with Crippen molar-refractivity contribution < 1.29 is 61.7 Å². The van der Waals surface area contributed by atoms with E-state index in [0.29, 0.717) is 12.8 Å². The van der Waals surface area contributed by atoms with E-state index in [0.717, 1.165) is 22.6 Å². The van der Waals surface area contributed by atoms with Gasteiger partial charge in [0.15, 0.2) is 12.0 Å². The van der Waals surface area contributed by atoms with E-state index in [1.54, 1.807) is 20.8 Å². The Morgan fingerprint density at radius 3 is 2.00 bits per heavy atom. The third-order valence-corrected chi connectivity index (χ3v) is 11.2. The van der Waals surface area contributed by atoms with Gasteiger partial charge in [-0.2, -0.15) is 0 Å². The van der Waals surface area contributed by atoms with E-state index >= 15 is 0 Å². The normalized spacial score (nSPS) is 23.5. The Balaban J connectivity index is 1.60. The lowest BCUT2D eigenvalue weighted by Gasteiger charge is -2.30. The zero-order valence-corrected chi connectivity index (χ0v) is 35.1. The quantitative estimate of drug-likeness (QED) is 0.0947. The molecule has 3 heterocycles. The molecule has 0 radical (unpaired) electrons. The van der Waals surface area contributed by atoms with Crippen molar-refractivity contribution in [2.45, 2.75) is 128 Å². The SMILES string of the molecule is CC(C)CCN[C@@H](CCC(=O)O)C(=O)OP(=O)(OC[C@H]1O[C@@H](n2ccc(=O)[nH]c2=O)[C@]2(C)OC(C)(C)O[C@H]12)OC(=O)[C@H](CCC(=O)O)NCCC(C)Cc1ccccc1. The highest BCUT2D eigenvalue weighted by Crippen LogP contribution is 2.54. The van der Waals surface area contributed by atoms with Crippen molar-refractivity contribution >= 4 is 31.7 Å². The highest BCUT2D eigenvalue weighted by Gasteiger charge is 2.64. The van der Waals surface area contributed by atoms with Crippen molar-refractivity contribution in [3.05, 3.63) is 69.0 Å². The molecule has 2 aliphatic rings. The van der Waals surface area contributed by atoms with Crippen molar-refractivity contribution in [3.8, 4) is 0 Å². The van der Waals surface area contributed by atoms with Crippen LogP contribution in [0, 0.1) is 11.8 Å². The fourth-order valence-electron chi connectivity index (χ4n) is 7.02. The maximum Gasteiger partial charge on any atom is 0.592 e. The predicted octanol–water partition coefficient (Wildman–Crippen LogP) is 3.52. The molecule has 0 bridgehead atoms. The van der Waals surface area contributed by atoms with Crippen LogP contribution in [0.15, 0.2) is 52.2 Å². The molecule has 19 nitrogen and oxygen atoms in total. The Bertz CT molecular complexity index is 1920. The summed E-state index contributed by atoms with van der Waals surface area (Å²) in [6, 6.07) is 8.24. The summed E-state index contributed by atoms with van der Waals surface area (Å²) in [4.78, 5) is 77.4. The van der Waals surface area contributed by atoms with Gasteiger partial charge in [-0.25, -0.2) is 18.9 Å². The molecular formula is C39H57N4O15P. The summed E-state index contributed by atoms with van der Waals surface area (Å²) in [6.45, 7) is 10.5. The lowest BCUT2D eigenvalue weighted by Crippen LogP contribution is -2.45. The molecule has 8 atom stereocenters. The smallest absolute Gasteiger partial charge is 0.481 e. The van der Waals surface area contributed by atoms with E-state index in [1.165, 1.54) is 6.20 Å². The van der Waals surface area contributed by atoms with E-state index in [9.17, 15) is 43.5 Å². The number of hydrogen-bond acceptors (Lipinski definition) is 15. The Hall–Kier alpha value is -4.23. The number of H-pyrrole nitrogens is 1. The molecule has 0 saturated carbocycles. The van der Waals surface area contributed by atoms with Crippen LogP contribution in [0.5, 0.6) is 0 Å². The largest absolute Gasteiger partial charge is 0.592 e. The number of aromatic nitrogens is 2. The summed E-state index contributed by atoms with van der Waals surface area (Å²) in [5.41, 5.74) is -1.76. The number of aromatic amines is 1. The van der Waals surface area contributed by atoms with E-state index < -0.39 is 104 Å². The van der Waals surface area contributed by atoms with Gasteiger partial charge < -0.3 is 44.1 Å². The van der Waals surface area contributed by atoms with Crippen molar-refractivity contribution in [3.63, 3.8) is 0 Å². The maximum atomic E-state index is 14.6. The molecule has 2 aliphatic heterocycles. The summed E-state index contributed by atoms with van der Waals surface area (Å²) < 4.78 is 50.6. The van der Waals surface area contributed by atoms with Gasteiger partial charge in [0.1, 0.15) is 29.9 Å². The molecule has 59 heavy (non-hydrogen) atoms. The average Bonchev–Trinajstić information content (AvgIpc) is 3.54. The number of nitrogens with zero attached hydrogens (tertiary/aromatic N) is 1. The minimum atomic E-state index is -5.30. The predicted molar refractivity (Wildman–Crippen MR) is 210 cm³/mol. The van der Waals surface area contributed by atoms with Crippen molar-refractivity contribution in [2.75, 3.05) is 19.7 Å². The molecular weight excluding hydrogens is 795 g/mol. The highest BCUT2D eigenvalue weighted by atomic mass is 31.2. The second-order valence-electron chi connectivity index (χ2n) is 16.0. The Morgan fingerprint density at radius 2 is 1.46 bits per heavy atom. The topological polar surface area (TPSA) is 260 Å². The van der Waals surface area contributed by atoms with E-state index in [4.69, 9.17) is 27.8 Å². The minimum absolute atomic E-state index is 0.155. The zero-order chi connectivity index (χ0) is 43.5. The van der Waals surface area contributed by atoms with E-state index in [2.05, 4.69) is 15.6 Å². The number of benzene rings is 1. The van der Waals surface area contributed by atoms with Crippen LogP contribution in [0.4, 0.5) is 0 Å². The Morgan fingerprint density at radius 1 is 0.881 bits per heavy atom. The molecule has 20 heteroatoms. The van der Waals surface area contributed by atoms with Crippen LogP contribution in [-0.4, -0.2) is 99.0 Å². The van der Waals surface area contributed by atoms with Crippen LogP contribution in [0.3, 0.4) is 0 Å². The first-order valence-electron chi connectivity index (χ1n) is 19.7. The van der Waals surface area contributed by atoms with Crippen LogP contribution in [-0.2, 0) is 57.9 Å². The molecule has 2 fully saturated rings. The second-order valence-corrected chi connectivity index (χ2v) is 17.5. The van der Waals surface area contributed by atoms with Gasteiger partial charge in [0.05, 0.1) is 6.61 Å². The van der Waals surface area contributed by atoms with Gasteiger partial charge >= 0.3 is 37.4 Å². The molecule has 0 aliphatic carbocycles. The number of rotatable bonds is 24. The summed E-state index contributed by atoms with van der Waals surface area (Å²) in [6.07, 6.45) is -1.83. The fourth-order valence-corrected chi connectivity index (χ4v) is 8.18. The van der Waals surface area contributed by atoms with Gasteiger partial charge in [-0.3, -0.25) is 28.5 Å². The van der Waals surface area contributed by atoms with Gasteiger partial charge in [0.2, 0.25) is 0 Å². The summed E-state index contributed by atoms with van der Waals surface area (Å²) in [7, 11) is -5.30. The van der Waals surface area contributed by atoms with Crippen LogP contribution < -0.4 is 21.9 Å². The fraction of sp³-hybridized carbons (Fsp3) is 0.641. The molecule has 2 aromatic rings. The number of phosphoric ester groups is 1. The maximum absolute atomic E-state index is 14.6. The monoisotopic (exact) mass is 852 g/mol. The first kappa shape index (κ1) is 47.4. The average molecular weight is 853 g/mol. The minimum Gasteiger partial charge on any atom is -0.481 e. The van der Waals surface area contributed by atoms with E-state index in [1.807, 2.05) is 51.1 Å². The number of carbonyl (C=O) groups is 4. The number of carboxylic acid groups (broad SMARTS) is 2. The van der Waals surface area contributed by atoms with Crippen LogP contribution in [0.2, 0.25) is 0 Å². The van der Waals surface area contributed by atoms with Gasteiger partial charge in [-0.15, -0.1) is 0 Å². The number of phosphoric acid groups is 1.